The quantitative estimate of drug-likeness (QED) is 0.550. The van der Waals surface area contributed by atoms with Gasteiger partial charge in [0.15, 0.2) is 0 Å². The molecule has 1 aliphatic heterocycles. The summed E-state index contributed by atoms with van der Waals surface area (Å²) < 4.78 is 35.3. The normalized spacial score (nSPS) is 21.6. The first-order valence-electron chi connectivity index (χ1n) is 7.45. The average Bonchev–Trinajstić information content (AvgIpc) is 2.49. The van der Waals surface area contributed by atoms with E-state index in [1.165, 1.54) is 12.1 Å². The number of halogens is 2. The van der Waals surface area contributed by atoms with Gasteiger partial charge in [0.25, 0.3) is 0 Å². The first-order chi connectivity index (χ1) is 11.1. The van der Waals surface area contributed by atoms with E-state index in [4.69, 9.17) is 30.1 Å². The zero-order chi connectivity index (χ0) is 18.0. The molecule has 2 rings (SSSR count). The van der Waals surface area contributed by atoms with E-state index < -0.39 is 25.0 Å². The molecule has 0 aliphatic carbocycles. The molecule has 0 radical (unpaired) electrons. The summed E-state index contributed by atoms with van der Waals surface area (Å²) in [4.78, 5) is 12.0. The Balaban J connectivity index is 1.85. The molecule has 136 valence electrons. The molecule has 0 aromatic heterocycles. The second-order valence-corrected chi connectivity index (χ2v) is 12.1. The van der Waals surface area contributed by atoms with Crippen LogP contribution in [0.15, 0.2) is 18.2 Å². The molecule has 1 fully saturated rings. The topological polar surface area (TPSA) is 54.0 Å². The van der Waals surface area contributed by atoms with E-state index in [2.05, 4.69) is 8.93 Å². The number of carbonyl (C=O) groups excluding carboxylic acids is 1. The molecule has 1 aliphatic rings. The molecular formula is C15H22ClFO5P2. The minimum absolute atomic E-state index is 0.0563. The van der Waals surface area contributed by atoms with Crippen LogP contribution in [0.5, 0.6) is 5.75 Å². The van der Waals surface area contributed by atoms with Gasteiger partial charge in [0, 0.05) is 0 Å². The van der Waals surface area contributed by atoms with E-state index in [9.17, 15) is 9.18 Å². The monoisotopic (exact) mass is 398 g/mol. The van der Waals surface area contributed by atoms with Crippen LogP contribution in [-0.4, -0.2) is 31.6 Å². The van der Waals surface area contributed by atoms with Crippen LogP contribution in [0.4, 0.5) is 4.39 Å². The number of ether oxygens (including phenoxy) is 2. The molecule has 1 aromatic rings. The standard InChI is InChI=1S/C15H22ClFO5P2/c1-10(24(23)20-8-15(2,3)9-21-24)22-14(18)7-19-13-5-4-11(17)6-12(13)16/h4-6,10,24H,7-9,23H2,1-3H3. The van der Waals surface area contributed by atoms with Crippen molar-refractivity contribution in [2.24, 2.45) is 5.41 Å². The third-order valence-corrected chi connectivity index (χ3v) is 8.64. The van der Waals surface area contributed by atoms with Crippen molar-refractivity contribution in [2.75, 3.05) is 19.8 Å². The van der Waals surface area contributed by atoms with Crippen molar-refractivity contribution in [3.8, 4) is 5.75 Å². The first kappa shape index (κ1) is 19.8. The summed E-state index contributed by atoms with van der Waals surface area (Å²) in [6.07, 6.45) is 0. The molecule has 5 nitrogen and oxygen atoms in total. The van der Waals surface area contributed by atoms with Crippen LogP contribution < -0.4 is 4.74 Å². The van der Waals surface area contributed by atoms with Gasteiger partial charge in [-0.05, 0) is 0 Å². The van der Waals surface area contributed by atoms with E-state index in [0.29, 0.717) is 13.2 Å². The van der Waals surface area contributed by atoms with Crippen LogP contribution in [0.2, 0.25) is 5.02 Å². The molecule has 9 heteroatoms. The van der Waals surface area contributed by atoms with E-state index in [0.717, 1.165) is 6.07 Å². The van der Waals surface area contributed by atoms with Crippen molar-refractivity contribution in [2.45, 2.75) is 26.6 Å². The van der Waals surface area contributed by atoms with Crippen LogP contribution >= 0.6 is 27.9 Å². The number of rotatable bonds is 5. The van der Waals surface area contributed by atoms with Crippen LogP contribution in [0.1, 0.15) is 20.8 Å². The molecule has 1 aromatic carbocycles. The van der Waals surface area contributed by atoms with Gasteiger partial charge in [-0.3, -0.25) is 0 Å². The van der Waals surface area contributed by atoms with Crippen LogP contribution in [-0.2, 0) is 18.6 Å². The van der Waals surface area contributed by atoms with Gasteiger partial charge in [-0.15, -0.1) is 0 Å². The predicted octanol–water partition coefficient (Wildman–Crippen LogP) is 4.19. The Kier molecular flexibility index (Phi) is 6.44. The molecule has 1 saturated heterocycles. The average molecular weight is 399 g/mol. The maximum atomic E-state index is 13.0. The summed E-state index contributed by atoms with van der Waals surface area (Å²) in [5.74, 6) is -1.35. The van der Waals surface area contributed by atoms with Gasteiger partial charge in [0.2, 0.25) is 0 Å². The Morgan fingerprint density at radius 2 is 2.08 bits per heavy atom. The second kappa shape index (κ2) is 7.80. The van der Waals surface area contributed by atoms with Crippen molar-refractivity contribution < 1.29 is 27.7 Å². The number of hydrogen-bond donors (Lipinski definition) is 0. The van der Waals surface area contributed by atoms with E-state index in [1.807, 2.05) is 13.8 Å². The van der Waals surface area contributed by atoms with Gasteiger partial charge >= 0.3 is 148 Å². The summed E-state index contributed by atoms with van der Waals surface area (Å²) in [5.41, 5.74) is -0.0563. The Labute approximate surface area is 148 Å². The van der Waals surface area contributed by atoms with Gasteiger partial charge in [0.1, 0.15) is 0 Å². The van der Waals surface area contributed by atoms with E-state index in [-0.39, 0.29) is 22.8 Å². The fourth-order valence-electron chi connectivity index (χ4n) is 1.98. The number of carbonyl (C=O) groups is 1. The Morgan fingerprint density at radius 1 is 1.46 bits per heavy atom. The minimum atomic E-state index is -2.68. The van der Waals surface area contributed by atoms with E-state index in [1.54, 1.807) is 6.92 Å². The Morgan fingerprint density at radius 3 is 2.67 bits per heavy atom. The zero-order valence-electron chi connectivity index (χ0n) is 13.8. The fraction of sp³-hybridized carbons (Fsp3) is 0.533. The van der Waals surface area contributed by atoms with Crippen molar-refractivity contribution in [3.63, 3.8) is 0 Å². The van der Waals surface area contributed by atoms with Crippen molar-refractivity contribution >= 4 is 33.9 Å². The Hall–Kier alpha value is -0.510. The summed E-state index contributed by atoms with van der Waals surface area (Å²) in [5, 5.41) is 0.0916. The van der Waals surface area contributed by atoms with Gasteiger partial charge in [-0.2, -0.15) is 0 Å². The van der Waals surface area contributed by atoms with Gasteiger partial charge in [-0.1, -0.05) is 0 Å². The molecule has 0 amide bonds. The maximum absolute atomic E-state index is 13.0. The van der Waals surface area contributed by atoms with Gasteiger partial charge < -0.3 is 0 Å². The van der Waals surface area contributed by atoms with Crippen LogP contribution in [0, 0.1) is 11.2 Å². The SMILES string of the molecule is CC(OC(=O)COc1ccc(F)cc1Cl)[PH]1(P)OCC(C)(C)CO1. The third kappa shape index (κ3) is 5.24. The van der Waals surface area contributed by atoms with Gasteiger partial charge in [0.05, 0.1) is 0 Å². The predicted molar refractivity (Wildman–Crippen MR) is 96.2 cm³/mol. The van der Waals surface area contributed by atoms with Crippen LogP contribution in [0.3, 0.4) is 0 Å². The summed E-state index contributed by atoms with van der Waals surface area (Å²) in [6.45, 7) is 6.58. The molecule has 2 unspecified atom stereocenters. The summed E-state index contributed by atoms with van der Waals surface area (Å²) in [7, 11) is -0.0928. The summed E-state index contributed by atoms with van der Waals surface area (Å²) in [6, 6.07) is 3.67. The zero-order valence-corrected chi connectivity index (χ0v) is 16.7. The van der Waals surface area contributed by atoms with Crippen molar-refractivity contribution in [1.29, 1.82) is 0 Å². The molecule has 24 heavy (non-hydrogen) atoms. The molecule has 0 N–H and O–H groups in total. The van der Waals surface area contributed by atoms with Crippen molar-refractivity contribution in [3.05, 3.63) is 29.0 Å². The third-order valence-electron chi connectivity index (χ3n) is 3.49. The molecule has 0 bridgehead atoms. The number of benzene rings is 1. The molecule has 0 spiro atoms. The number of hydrogen-bond acceptors (Lipinski definition) is 5. The first-order valence-corrected chi connectivity index (χ1v) is 11.5. The molecular weight excluding hydrogens is 377 g/mol. The molecule has 2 atom stereocenters. The Bertz CT molecular complexity index is 604. The molecule has 1 heterocycles. The second-order valence-electron chi connectivity index (χ2n) is 6.46. The number of esters is 1. The van der Waals surface area contributed by atoms with Crippen molar-refractivity contribution in [1.82, 2.24) is 0 Å². The van der Waals surface area contributed by atoms with Gasteiger partial charge in [-0.25, -0.2) is 0 Å². The molecule has 0 saturated carbocycles. The van der Waals surface area contributed by atoms with E-state index >= 15 is 0 Å². The van der Waals surface area contributed by atoms with Crippen LogP contribution in [0.25, 0.3) is 0 Å². The fourth-order valence-corrected chi connectivity index (χ4v) is 4.98. The summed E-state index contributed by atoms with van der Waals surface area (Å²) >= 11 is 5.84.